The van der Waals surface area contributed by atoms with Crippen LogP contribution in [0, 0.1) is 19.3 Å². The SMILES string of the molecule is C#CCCn1cc(S(=O)(=O)Cl)nc1C. The number of hydrogen-bond acceptors (Lipinski definition) is 3. The molecule has 0 aliphatic heterocycles. The number of terminal acetylenes is 1. The van der Waals surface area contributed by atoms with E-state index in [2.05, 4.69) is 10.9 Å². The predicted molar refractivity (Wildman–Crippen MR) is 53.5 cm³/mol. The second-order valence-corrected chi connectivity index (χ2v) is 5.22. The fraction of sp³-hybridized carbons (Fsp3) is 0.375. The van der Waals surface area contributed by atoms with E-state index in [1.54, 1.807) is 11.5 Å². The molecule has 0 aliphatic carbocycles. The molecule has 4 nitrogen and oxygen atoms in total. The van der Waals surface area contributed by atoms with E-state index in [0.717, 1.165) is 0 Å². The largest absolute Gasteiger partial charge is 0.333 e. The fourth-order valence-electron chi connectivity index (χ4n) is 1.01. The Morgan fingerprint density at radius 1 is 1.71 bits per heavy atom. The van der Waals surface area contributed by atoms with E-state index in [0.29, 0.717) is 18.8 Å². The molecule has 0 saturated heterocycles. The summed E-state index contributed by atoms with van der Waals surface area (Å²) in [5.41, 5.74) is 0. The first-order chi connectivity index (χ1) is 6.45. The van der Waals surface area contributed by atoms with Gasteiger partial charge in [-0.05, 0) is 6.92 Å². The number of imidazole rings is 1. The van der Waals surface area contributed by atoms with Crippen molar-refractivity contribution in [2.45, 2.75) is 24.9 Å². The molecule has 0 radical (unpaired) electrons. The lowest BCUT2D eigenvalue weighted by molar-refractivity contribution is 0.606. The Morgan fingerprint density at radius 2 is 2.36 bits per heavy atom. The number of aryl methyl sites for hydroxylation is 2. The van der Waals surface area contributed by atoms with Gasteiger partial charge in [-0.3, -0.25) is 0 Å². The highest BCUT2D eigenvalue weighted by Gasteiger charge is 2.15. The highest BCUT2D eigenvalue weighted by Crippen LogP contribution is 2.14. The number of nitrogens with zero attached hydrogens (tertiary/aromatic N) is 2. The molecule has 1 rings (SSSR count). The van der Waals surface area contributed by atoms with Crippen molar-refractivity contribution in [3.63, 3.8) is 0 Å². The normalized spacial score (nSPS) is 11.2. The summed E-state index contributed by atoms with van der Waals surface area (Å²) >= 11 is 0. The first-order valence-corrected chi connectivity index (χ1v) is 6.18. The van der Waals surface area contributed by atoms with E-state index in [1.807, 2.05) is 0 Å². The van der Waals surface area contributed by atoms with Crippen LogP contribution in [0.3, 0.4) is 0 Å². The molecule has 0 fully saturated rings. The summed E-state index contributed by atoms with van der Waals surface area (Å²) in [5.74, 6) is 3.04. The predicted octanol–water partition coefficient (Wildman–Crippen LogP) is 1.14. The molecule has 76 valence electrons. The van der Waals surface area contributed by atoms with Gasteiger partial charge in [0, 0.05) is 29.8 Å². The molecule has 0 unspecified atom stereocenters. The van der Waals surface area contributed by atoms with E-state index in [9.17, 15) is 8.42 Å². The molecular formula is C8H9ClN2O2S. The zero-order valence-electron chi connectivity index (χ0n) is 7.57. The van der Waals surface area contributed by atoms with Crippen molar-refractivity contribution in [2.75, 3.05) is 0 Å². The van der Waals surface area contributed by atoms with Crippen molar-refractivity contribution < 1.29 is 8.42 Å². The maximum atomic E-state index is 10.9. The van der Waals surface area contributed by atoms with Crippen LogP contribution in [0.5, 0.6) is 0 Å². The van der Waals surface area contributed by atoms with Crippen LogP contribution in [0.2, 0.25) is 0 Å². The van der Waals surface area contributed by atoms with Crippen molar-refractivity contribution in [1.82, 2.24) is 9.55 Å². The molecule has 0 bridgehead atoms. The average molecular weight is 233 g/mol. The molecule has 0 saturated carbocycles. The number of halogens is 1. The summed E-state index contributed by atoms with van der Waals surface area (Å²) in [7, 11) is 1.39. The summed E-state index contributed by atoms with van der Waals surface area (Å²) in [6, 6.07) is 0. The molecular weight excluding hydrogens is 224 g/mol. The van der Waals surface area contributed by atoms with E-state index in [1.165, 1.54) is 6.20 Å². The topological polar surface area (TPSA) is 52.0 Å². The van der Waals surface area contributed by atoms with Gasteiger partial charge in [-0.2, -0.15) is 0 Å². The second kappa shape index (κ2) is 4.03. The van der Waals surface area contributed by atoms with Crippen molar-refractivity contribution in [1.29, 1.82) is 0 Å². The molecule has 0 N–H and O–H groups in total. The third-order valence-electron chi connectivity index (χ3n) is 1.70. The van der Waals surface area contributed by atoms with Gasteiger partial charge in [-0.25, -0.2) is 13.4 Å². The van der Waals surface area contributed by atoms with Gasteiger partial charge in [0.15, 0.2) is 5.03 Å². The zero-order valence-corrected chi connectivity index (χ0v) is 9.14. The molecule has 14 heavy (non-hydrogen) atoms. The van der Waals surface area contributed by atoms with Crippen LogP contribution >= 0.6 is 10.7 Å². The van der Waals surface area contributed by atoms with Crippen molar-refractivity contribution in [3.8, 4) is 12.3 Å². The molecule has 1 aromatic rings. The highest BCUT2D eigenvalue weighted by molar-refractivity contribution is 8.13. The molecule has 1 heterocycles. The van der Waals surface area contributed by atoms with Crippen molar-refractivity contribution in [2.24, 2.45) is 0 Å². The summed E-state index contributed by atoms with van der Waals surface area (Å²) in [5, 5.41) is -0.131. The first-order valence-electron chi connectivity index (χ1n) is 3.87. The van der Waals surface area contributed by atoms with Crippen LogP contribution in [0.1, 0.15) is 12.2 Å². The van der Waals surface area contributed by atoms with Gasteiger partial charge in [0.1, 0.15) is 5.82 Å². The Balaban J connectivity index is 3.01. The van der Waals surface area contributed by atoms with Crippen LogP contribution in [0.25, 0.3) is 0 Å². The Kier molecular flexibility index (Phi) is 3.19. The van der Waals surface area contributed by atoms with Gasteiger partial charge in [0.25, 0.3) is 9.05 Å². The Labute approximate surface area is 87.3 Å². The highest BCUT2D eigenvalue weighted by atomic mass is 35.7. The molecule has 6 heteroatoms. The summed E-state index contributed by atoms with van der Waals surface area (Å²) in [4.78, 5) is 3.81. The lowest BCUT2D eigenvalue weighted by atomic mass is 10.4. The third kappa shape index (κ3) is 2.50. The fourth-order valence-corrected chi connectivity index (χ4v) is 1.73. The van der Waals surface area contributed by atoms with E-state index in [4.69, 9.17) is 17.1 Å². The van der Waals surface area contributed by atoms with Crippen LogP contribution < -0.4 is 0 Å². The molecule has 0 amide bonds. The lowest BCUT2D eigenvalue weighted by Gasteiger charge is -1.98. The number of hydrogen-bond donors (Lipinski definition) is 0. The molecule has 1 aromatic heterocycles. The maximum Gasteiger partial charge on any atom is 0.280 e. The third-order valence-corrected chi connectivity index (χ3v) is 2.87. The van der Waals surface area contributed by atoms with Gasteiger partial charge in [0.2, 0.25) is 0 Å². The van der Waals surface area contributed by atoms with Crippen molar-refractivity contribution >= 4 is 19.7 Å². The van der Waals surface area contributed by atoms with E-state index in [-0.39, 0.29) is 5.03 Å². The van der Waals surface area contributed by atoms with Gasteiger partial charge in [0.05, 0.1) is 0 Å². The minimum atomic E-state index is -3.74. The first kappa shape index (κ1) is 11.1. The second-order valence-electron chi connectivity index (χ2n) is 2.71. The minimum Gasteiger partial charge on any atom is -0.333 e. The Bertz CT molecular complexity index is 470. The van der Waals surface area contributed by atoms with Crippen LogP contribution in [-0.4, -0.2) is 18.0 Å². The standard InChI is InChI=1S/C8H9ClN2O2S/c1-3-4-5-11-6-8(10-7(11)2)14(9,12)13/h1,6H,4-5H2,2H3. The van der Waals surface area contributed by atoms with Crippen LogP contribution in [-0.2, 0) is 15.6 Å². The van der Waals surface area contributed by atoms with Gasteiger partial charge >= 0.3 is 0 Å². The monoisotopic (exact) mass is 232 g/mol. The maximum absolute atomic E-state index is 10.9. The zero-order chi connectivity index (χ0) is 10.8. The molecule has 0 spiro atoms. The van der Waals surface area contributed by atoms with Gasteiger partial charge in [-0.1, -0.05) is 0 Å². The average Bonchev–Trinajstić information content (AvgIpc) is 2.43. The van der Waals surface area contributed by atoms with E-state index >= 15 is 0 Å². The van der Waals surface area contributed by atoms with Crippen LogP contribution in [0.4, 0.5) is 0 Å². The number of rotatable bonds is 3. The Morgan fingerprint density at radius 3 is 2.79 bits per heavy atom. The molecule has 0 atom stereocenters. The van der Waals surface area contributed by atoms with Gasteiger partial charge in [-0.15, -0.1) is 12.3 Å². The molecule has 0 aromatic carbocycles. The van der Waals surface area contributed by atoms with E-state index < -0.39 is 9.05 Å². The lowest BCUT2D eigenvalue weighted by Crippen LogP contribution is -1.97. The quantitative estimate of drug-likeness (QED) is 0.580. The summed E-state index contributed by atoms with van der Waals surface area (Å²) in [6.07, 6.45) is 7.00. The molecule has 0 aliphatic rings. The number of aromatic nitrogens is 2. The van der Waals surface area contributed by atoms with Crippen LogP contribution in [0.15, 0.2) is 11.2 Å². The van der Waals surface area contributed by atoms with Gasteiger partial charge < -0.3 is 4.57 Å². The Hall–Kier alpha value is -0.990. The van der Waals surface area contributed by atoms with Crippen molar-refractivity contribution in [3.05, 3.63) is 12.0 Å². The summed E-state index contributed by atoms with van der Waals surface area (Å²) < 4.78 is 23.5. The minimum absolute atomic E-state index is 0.131. The summed E-state index contributed by atoms with van der Waals surface area (Å²) in [6.45, 7) is 2.24. The smallest absolute Gasteiger partial charge is 0.280 e.